The van der Waals surface area contributed by atoms with Gasteiger partial charge in [-0.3, -0.25) is 18.4 Å². The molecule has 240 valence electrons. The number of fused-ring (bicyclic) bond motifs is 1. The van der Waals surface area contributed by atoms with E-state index < -0.39 is 83.8 Å². The molecule has 0 spiro atoms. The van der Waals surface area contributed by atoms with Crippen molar-refractivity contribution in [3.05, 3.63) is 42.7 Å². The molecule has 21 nitrogen and oxygen atoms in total. The molecule has 2 fully saturated rings. The van der Waals surface area contributed by atoms with Gasteiger partial charge in [-0.1, -0.05) is 0 Å². The van der Waals surface area contributed by atoms with Gasteiger partial charge in [-0.2, -0.15) is 8.88 Å². The standard InChI is InChI=1S/C21H27N7O14P2/c22-17-12-19(25-7-24-17)28(8-26-12)21-16(32)14(30)11(41-21)6-39-44(36,37)42-43(34,35)38-5-10-13(29)15(31)20(40-10)27-3-1-2-9(4-27)18(23)33/h1-4,7-8,10-11,13-16,20-21,29-32H,5-6H2,(H5-,22,23,24,25,33,34,35,36,37)/p+1/t10-,11-,13-,14-,15-,16+,20-,21-/m1/s1. The first-order valence-electron chi connectivity index (χ1n) is 12.6. The number of primary amides is 1. The van der Waals surface area contributed by atoms with Crippen LogP contribution in [-0.4, -0.2) is 105 Å². The number of aromatic nitrogens is 5. The summed E-state index contributed by atoms with van der Waals surface area (Å²) in [5.41, 5.74) is 11.4. The minimum atomic E-state index is -5.37. The zero-order valence-electron chi connectivity index (χ0n) is 22.2. The molecule has 44 heavy (non-hydrogen) atoms. The lowest BCUT2D eigenvalue weighted by atomic mass is 10.1. The topological polar surface area (TPSA) is 318 Å². The van der Waals surface area contributed by atoms with Crippen molar-refractivity contribution in [1.82, 2.24) is 19.5 Å². The largest absolute Gasteiger partial charge is 0.481 e. The average molecular weight is 664 g/mol. The molecule has 2 unspecified atom stereocenters. The van der Waals surface area contributed by atoms with Gasteiger partial charge in [0, 0.05) is 6.07 Å². The fourth-order valence-corrected chi connectivity index (χ4v) is 6.67. The highest BCUT2D eigenvalue weighted by molar-refractivity contribution is 7.61. The van der Waals surface area contributed by atoms with E-state index in [0.29, 0.717) is 0 Å². The van der Waals surface area contributed by atoms with Crippen LogP contribution in [0.4, 0.5) is 5.82 Å². The molecular formula is C21H28N7O14P2+. The first-order chi connectivity index (χ1) is 20.7. The van der Waals surface area contributed by atoms with E-state index in [1.807, 2.05) is 0 Å². The highest BCUT2D eigenvalue weighted by Gasteiger charge is 2.50. The maximum absolute atomic E-state index is 12.4. The van der Waals surface area contributed by atoms with Crippen LogP contribution in [0.25, 0.3) is 11.2 Å². The molecule has 10 atom stereocenters. The van der Waals surface area contributed by atoms with Crippen LogP contribution in [0.5, 0.6) is 0 Å². The zero-order valence-corrected chi connectivity index (χ0v) is 24.0. The number of nitrogens with zero attached hydrogens (tertiary/aromatic N) is 5. The van der Waals surface area contributed by atoms with E-state index in [2.05, 4.69) is 23.8 Å². The van der Waals surface area contributed by atoms with E-state index in [9.17, 15) is 44.1 Å². The van der Waals surface area contributed by atoms with Crippen LogP contribution in [0.3, 0.4) is 0 Å². The highest BCUT2D eigenvalue weighted by atomic mass is 31.3. The third-order valence-electron chi connectivity index (χ3n) is 6.75. The third-order valence-corrected chi connectivity index (χ3v) is 9.35. The number of ether oxygens (including phenoxy) is 2. The SMILES string of the molecule is NC(=O)c1ccc[n+]([C@@H]2O[C@H](COP(=O)(O)OP(=O)(O)OC[C@H]3O[C@@H](n4cnc5c(N)ncnc54)[C@@H](O)[C@@H]3O)[C@@H](O)[C@H]2O)c1. The maximum atomic E-state index is 12.4. The molecule has 0 radical (unpaired) electrons. The first kappa shape index (κ1) is 32.4. The molecule has 2 aliphatic heterocycles. The number of phosphoric ester groups is 2. The van der Waals surface area contributed by atoms with Crippen LogP contribution in [0.1, 0.15) is 22.8 Å². The van der Waals surface area contributed by atoms with Gasteiger partial charge in [0.15, 0.2) is 36.2 Å². The van der Waals surface area contributed by atoms with E-state index in [1.54, 1.807) is 0 Å². The van der Waals surface area contributed by atoms with E-state index in [-0.39, 0.29) is 22.5 Å². The molecule has 0 aliphatic carbocycles. The number of nitrogens with two attached hydrogens (primary N) is 2. The first-order valence-corrected chi connectivity index (χ1v) is 15.6. The Balaban J connectivity index is 1.16. The van der Waals surface area contributed by atoms with Crippen LogP contribution < -0.4 is 16.0 Å². The van der Waals surface area contributed by atoms with Crippen molar-refractivity contribution in [2.24, 2.45) is 5.73 Å². The molecular weight excluding hydrogens is 636 g/mol. The fraction of sp³-hybridized carbons (Fsp3) is 0.476. The summed E-state index contributed by atoms with van der Waals surface area (Å²) in [6.07, 6.45) is -6.85. The van der Waals surface area contributed by atoms with Gasteiger partial charge in [-0.05, 0) is 6.07 Å². The molecule has 2 saturated heterocycles. The van der Waals surface area contributed by atoms with Gasteiger partial charge in [-0.15, -0.1) is 0 Å². The Morgan fingerprint density at radius 3 is 2.27 bits per heavy atom. The molecule has 23 heteroatoms. The Kier molecular flexibility index (Phi) is 9.13. The summed E-state index contributed by atoms with van der Waals surface area (Å²) < 4.78 is 52.0. The van der Waals surface area contributed by atoms with Gasteiger partial charge < -0.3 is 51.2 Å². The van der Waals surface area contributed by atoms with Crippen molar-refractivity contribution < 1.29 is 71.5 Å². The van der Waals surface area contributed by atoms with Gasteiger partial charge in [0.05, 0.1) is 19.5 Å². The normalized spacial score (nSPS) is 31.6. The molecule has 5 rings (SSSR count). The lowest BCUT2D eigenvalue weighted by Crippen LogP contribution is -2.46. The van der Waals surface area contributed by atoms with Crippen molar-refractivity contribution in [2.45, 2.75) is 49.1 Å². The summed E-state index contributed by atoms with van der Waals surface area (Å²) in [4.78, 5) is 43.3. The molecule has 1 amide bonds. The highest BCUT2D eigenvalue weighted by Crippen LogP contribution is 2.60. The summed E-state index contributed by atoms with van der Waals surface area (Å²) in [6.45, 7) is -1.80. The number of imidazole rings is 1. The Hall–Kier alpha value is -3.01. The summed E-state index contributed by atoms with van der Waals surface area (Å²) in [7, 11) is -10.7. The monoisotopic (exact) mass is 664 g/mol. The van der Waals surface area contributed by atoms with Crippen molar-refractivity contribution in [1.29, 1.82) is 0 Å². The van der Waals surface area contributed by atoms with Crippen LogP contribution >= 0.6 is 15.6 Å². The summed E-state index contributed by atoms with van der Waals surface area (Å²) in [5, 5.41) is 41.6. The number of pyridine rings is 1. The molecule has 3 aromatic rings. The van der Waals surface area contributed by atoms with Crippen molar-refractivity contribution in [3.8, 4) is 0 Å². The Morgan fingerprint density at radius 2 is 1.61 bits per heavy atom. The predicted octanol–water partition coefficient (Wildman–Crippen LogP) is -3.02. The van der Waals surface area contributed by atoms with Crippen LogP contribution in [0.2, 0.25) is 0 Å². The second kappa shape index (κ2) is 12.4. The van der Waals surface area contributed by atoms with Crippen LogP contribution in [0, 0.1) is 0 Å². The van der Waals surface area contributed by atoms with Crippen LogP contribution in [-0.2, 0) is 32.0 Å². The number of rotatable bonds is 11. The van der Waals surface area contributed by atoms with Gasteiger partial charge in [0.25, 0.3) is 12.1 Å². The van der Waals surface area contributed by atoms with Crippen LogP contribution in [0.15, 0.2) is 37.2 Å². The number of aliphatic hydroxyl groups is 4. The maximum Gasteiger partial charge on any atom is 0.481 e. The molecule has 0 bridgehead atoms. The number of carbonyl (C=O) groups excluding carboxylic acids is 1. The molecule has 0 saturated carbocycles. The van der Waals surface area contributed by atoms with Crippen molar-refractivity contribution >= 4 is 38.5 Å². The number of amides is 1. The molecule has 5 heterocycles. The lowest BCUT2D eigenvalue weighted by Gasteiger charge is -2.20. The number of hydrogen-bond acceptors (Lipinski definition) is 16. The number of hydrogen-bond donors (Lipinski definition) is 8. The molecule has 2 aliphatic rings. The number of aliphatic hydroxyl groups excluding tert-OH is 4. The van der Waals surface area contributed by atoms with E-state index >= 15 is 0 Å². The number of phosphoric acid groups is 2. The Bertz CT molecular complexity index is 1630. The quantitative estimate of drug-likeness (QED) is 0.0747. The minimum absolute atomic E-state index is 0.0505. The van der Waals surface area contributed by atoms with Gasteiger partial charge >= 0.3 is 15.6 Å². The summed E-state index contributed by atoms with van der Waals surface area (Å²) >= 11 is 0. The zero-order chi connectivity index (χ0) is 32.0. The van der Waals surface area contributed by atoms with E-state index in [4.69, 9.17) is 25.5 Å². The summed E-state index contributed by atoms with van der Waals surface area (Å²) in [6, 6.07) is 2.83. The second-order valence-electron chi connectivity index (χ2n) is 9.69. The number of carbonyl (C=O) groups is 1. The second-order valence-corrected chi connectivity index (χ2v) is 12.7. The van der Waals surface area contributed by atoms with Gasteiger partial charge in [-0.25, -0.2) is 24.1 Å². The van der Waals surface area contributed by atoms with E-state index in [0.717, 1.165) is 6.33 Å². The third kappa shape index (κ3) is 6.65. The van der Waals surface area contributed by atoms with E-state index in [1.165, 1.54) is 40.0 Å². The Labute approximate surface area is 246 Å². The van der Waals surface area contributed by atoms with Gasteiger partial charge in [0.1, 0.15) is 47.9 Å². The number of nitrogen functional groups attached to an aromatic ring is 1. The Morgan fingerprint density at radius 1 is 0.977 bits per heavy atom. The number of anilines is 1. The van der Waals surface area contributed by atoms with Crippen molar-refractivity contribution in [3.63, 3.8) is 0 Å². The molecule has 10 N–H and O–H groups in total. The molecule has 0 aromatic carbocycles. The lowest BCUT2D eigenvalue weighted by molar-refractivity contribution is -0.765. The predicted molar refractivity (Wildman–Crippen MR) is 139 cm³/mol. The van der Waals surface area contributed by atoms with Crippen molar-refractivity contribution in [2.75, 3.05) is 18.9 Å². The smallest absolute Gasteiger partial charge is 0.387 e. The minimum Gasteiger partial charge on any atom is -0.387 e. The fourth-order valence-electron chi connectivity index (χ4n) is 4.58. The average Bonchev–Trinajstić information content (AvgIpc) is 3.61. The van der Waals surface area contributed by atoms with Gasteiger partial charge in [0.2, 0.25) is 0 Å². The summed E-state index contributed by atoms with van der Waals surface area (Å²) in [5.74, 6) is -0.714. The molecule has 3 aromatic heterocycles.